The predicted octanol–water partition coefficient (Wildman–Crippen LogP) is 3.56. The summed E-state index contributed by atoms with van der Waals surface area (Å²) in [5.74, 6) is -0.520. The van der Waals surface area contributed by atoms with Crippen LogP contribution in [0, 0.1) is 6.92 Å². The van der Waals surface area contributed by atoms with E-state index < -0.39 is 22.0 Å². The molecule has 0 bridgehead atoms. The summed E-state index contributed by atoms with van der Waals surface area (Å²) in [6.07, 6.45) is 0. The summed E-state index contributed by atoms with van der Waals surface area (Å²) < 4.78 is 33.5. The normalized spacial score (nSPS) is 21.4. The van der Waals surface area contributed by atoms with E-state index in [1.165, 1.54) is 9.21 Å². The highest BCUT2D eigenvalue weighted by atomic mass is 35.5. The summed E-state index contributed by atoms with van der Waals surface area (Å²) in [7, 11) is -2.04. The van der Waals surface area contributed by atoms with Crippen LogP contribution in [0.25, 0.3) is 0 Å². The molecule has 4 rings (SSSR count). The van der Waals surface area contributed by atoms with E-state index in [1.54, 1.807) is 62.5 Å². The molecule has 2 aromatic rings. The van der Waals surface area contributed by atoms with Gasteiger partial charge in [-0.25, -0.2) is 18.0 Å². The minimum atomic E-state index is -3.65. The van der Waals surface area contributed by atoms with E-state index in [0.29, 0.717) is 34.9 Å². The molecular formula is C27H33ClN4O5S. The van der Waals surface area contributed by atoms with E-state index >= 15 is 0 Å². The van der Waals surface area contributed by atoms with Crippen molar-refractivity contribution in [3.8, 4) is 0 Å². The van der Waals surface area contributed by atoms with Crippen LogP contribution in [0.5, 0.6) is 0 Å². The second-order valence-electron chi connectivity index (χ2n) is 9.59. The van der Waals surface area contributed by atoms with Crippen LogP contribution in [0.15, 0.2) is 64.7 Å². The number of carbonyl (C=O) groups is 2. The number of urea groups is 1. The van der Waals surface area contributed by atoms with Crippen molar-refractivity contribution in [2.45, 2.75) is 37.8 Å². The van der Waals surface area contributed by atoms with Gasteiger partial charge in [-0.3, -0.25) is 9.80 Å². The second kappa shape index (κ2) is 11.4. The molecule has 11 heteroatoms. The monoisotopic (exact) mass is 560 g/mol. The number of sulfonamides is 1. The number of aryl methyl sites for hydroxylation is 1. The minimum Gasteiger partial charge on any atom is -0.463 e. The molecule has 0 aromatic heterocycles. The first-order valence-corrected chi connectivity index (χ1v) is 14.4. The Morgan fingerprint density at radius 3 is 2.50 bits per heavy atom. The lowest BCUT2D eigenvalue weighted by Crippen LogP contribution is -2.56. The molecule has 1 fully saturated rings. The molecule has 2 amide bonds. The smallest absolute Gasteiger partial charge is 0.338 e. The molecule has 0 spiro atoms. The SMILES string of the molecule is CCOC(=O)C1=C(CN2CCN(S(=O)(=O)c3ccc(C)cc3)[C@@H](C)C2)N(C)C(=O)N[C@@H]1c1cccc(Cl)c1. The van der Waals surface area contributed by atoms with Crippen molar-refractivity contribution in [2.75, 3.05) is 39.8 Å². The van der Waals surface area contributed by atoms with Gasteiger partial charge in [0.15, 0.2) is 0 Å². The van der Waals surface area contributed by atoms with E-state index in [4.69, 9.17) is 16.3 Å². The molecule has 2 aliphatic heterocycles. The molecule has 9 nitrogen and oxygen atoms in total. The number of nitrogens with one attached hydrogen (secondary N) is 1. The lowest BCUT2D eigenvalue weighted by Gasteiger charge is -2.41. The van der Waals surface area contributed by atoms with Crippen molar-refractivity contribution in [1.29, 1.82) is 0 Å². The van der Waals surface area contributed by atoms with Crippen molar-refractivity contribution in [1.82, 2.24) is 19.4 Å². The minimum absolute atomic E-state index is 0.183. The molecule has 0 aliphatic carbocycles. The molecule has 0 radical (unpaired) electrons. The Morgan fingerprint density at radius 1 is 1.16 bits per heavy atom. The highest BCUT2D eigenvalue weighted by molar-refractivity contribution is 7.89. The molecule has 38 heavy (non-hydrogen) atoms. The quantitative estimate of drug-likeness (QED) is 0.520. The first kappa shape index (κ1) is 28.1. The van der Waals surface area contributed by atoms with Gasteiger partial charge < -0.3 is 10.1 Å². The van der Waals surface area contributed by atoms with Gasteiger partial charge in [0.05, 0.1) is 23.1 Å². The number of esters is 1. The van der Waals surface area contributed by atoms with Gasteiger partial charge in [0.25, 0.3) is 0 Å². The summed E-state index contributed by atoms with van der Waals surface area (Å²) in [5, 5.41) is 3.37. The van der Waals surface area contributed by atoms with Crippen LogP contribution >= 0.6 is 11.6 Å². The maximum atomic E-state index is 13.3. The van der Waals surface area contributed by atoms with E-state index in [9.17, 15) is 18.0 Å². The van der Waals surface area contributed by atoms with E-state index in [-0.39, 0.29) is 36.7 Å². The fraction of sp³-hybridized carbons (Fsp3) is 0.407. The van der Waals surface area contributed by atoms with Crippen LogP contribution in [0.2, 0.25) is 5.02 Å². The fourth-order valence-electron chi connectivity index (χ4n) is 4.91. The topological polar surface area (TPSA) is 99.3 Å². The summed E-state index contributed by atoms with van der Waals surface area (Å²) in [6, 6.07) is 12.4. The summed E-state index contributed by atoms with van der Waals surface area (Å²) in [4.78, 5) is 29.9. The van der Waals surface area contributed by atoms with Crippen LogP contribution in [0.4, 0.5) is 4.79 Å². The van der Waals surface area contributed by atoms with Crippen molar-refractivity contribution in [3.63, 3.8) is 0 Å². The third-order valence-electron chi connectivity index (χ3n) is 6.91. The molecule has 2 aromatic carbocycles. The van der Waals surface area contributed by atoms with Gasteiger partial charge in [0.1, 0.15) is 0 Å². The molecule has 0 saturated carbocycles. The maximum Gasteiger partial charge on any atom is 0.338 e. The molecule has 204 valence electrons. The largest absolute Gasteiger partial charge is 0.463 e. The zero-order valence-corrected chi connectivity index (χ0v) is 23.6. The molecule has 1 saturated heterocycles. The van der Waals surface area contributed by atoms with Crippen LogP contribution in [-0.4, -0.2) is 80.4 Å². The van der Waals surface area contributed by atoms with Gasteiger partial charge in [0.2, 0.25) is 10.0 Å². The Balaban J connectivity index is 1.62. The average Bonchev–Trinajstić information content (AvgIpc) is 2.87. The highest BCUT2D eigenvalue weighted by Gasteiger charge is 2.39. The number of likely N-dealkylation sites (N-methyl/N-ethyl adjacent to an activating group) is 1. The Morgan fingerprint density at radius 2 is 1.87 bits per heavy atom. The number of benzene rings is 2. The number of rotatable bonds is 7. The number of carbonyl (C=O) groups excluding carboxylic acids is 2. The Hall–Kier alpha value is -2.92. The number of halogens is 1. The third-order valence-corrected chi connectivity index (χ3v) is 9.17. The Bertz CT molecular complexity index is 1350. The number of piperazine rings is 1. The van der Waals surface area contributed by atoms with Crippen LogP contribution in [-0.2, 0) is 19.6 Å². The van der Waals surface area contributed by atoms with Crippen LogP contribution in [0.3, 0.4) is 0 Å². The lowest BCUT2D eigenvalue weighted by atomic mass is 9.94. The van der Waals surface area contributed by atoms with E-state index in [0.717, 1.165) is 5.56 Å². The number of amides is 2. The maximum absolute atomic E-state index is 13.3. The van der Waals surface area contributed by atoms with Gasteiger partial charge in [-0.15, -0.1) is 0 Å². The van der Waals surface area contributed by atoms with Crippen LogP contribution < -0.4 is 5.32 Å². The highest BCUT2D eigenvalue weighted by Crippen LogP contribution is 2.33. The average molecular weight is 561 g/mol. The summed E-state index contributed by atoms with van der Waals surface area (Å²) in [5.41, 5.74) is 2.50. The van der Waals surface area contributed by atoms with Crippen LogP contribution in [0.1, 0.15) is 31.0 Å². The van der Waals surface area contributed by atoms with E-state index in [2.05, 4.69) is 10.2 Å². The first-order chi connectivity index (χ1) is 18.0. The predicted molar refractivity (Wildman–Crippen MR) is 145 cm³/mol. The molecule has 1 N–H and O–H groups in total. The lowest BCUT2D eigenvalue weighted by molar-refractivity contribution is -0.139. The number of ether oxygens (including phenoxy) is 1. The summed E-state index contributed by atoms with van der Waals surface area (Å²) in [6.45, 7) is 7.12. The third kappa shape index (κ3) is 5.73. The number of hydrogen-bond acceptors (Lipinski definition) is 6. The van der Waals surface area contributed by atoms with Gasteiger partial charge in [-0.2, -0.15) is 4.31 Å². The van der Waals surface area contributed by atoms with Crippen molar-refractivity contribution in [3.05, 3.63) is 76.0 Å². The first-order valence-electron chi connectivity index (χ1n) is 12.5. The van der Waals surface area contributed by atoms with Crippen molar-refractivity contribution >= 4 is 33.6 Å². The van der Waals surface area contributed by atoms with E-state index in [1.807, 2.05) is 13.8 Å². The molecule has 2 atom stereocenters. The fourth-order valence-corrected chi connectivity index (χ4v) is 6.72. The Labute approximate surface area is 229 Å². The Kier molecular flexibility index (Phi) is 8.46. The molecule has 2 heterocycles. The van der Waals surface area contributed by atoms with Crippen molar-refractivity contribution < 1.29 is 22.7 Å². The summed E-state index contributed by atoms with van der Waals surface area (Å²) >= 11 is 6.21. The van der Waals surface area contributed by atoms with Gasteiger partial charge in [-0.05, 0) is 50.6 Å². The standard InChI is InChI=1S/C27H33ClN4O5S/c1-5-37-26(33)24-23(30(4)27(34)29-25(24)20-7-6-8-21(28)15-20)17-31-13-14-32(19(3)16-31)38(35,36)22-11-9-18(2)10-12-22/h6-12,15,19,25H,5,13-14,16-17H2,1-4H3,(H,29,34)/t19-,25+/m0/s1. The van der Waals surface area contributed by atoms with Crippen molar-refractivity contribution in [2.24, 2.45) is 0 Å². The molecular weight excluding hydrogens is 528 g/mol. The number of hydrogen-bond donors (Lipinski definition) is 1. The zero-order chi connectivity index (χ0) is 27.6. The molecule has 0 unspecified atom stereocenters. The van der Waals surface area contributed by atoms with Gasteiger partial charge in [-0.1, -0.05) is 41.4 Å². The number of nitrogens with zero attached hydrogens (tertiary/aromatic N) is 3. The van der Waals surface area contributed by atoms with Gasteiger partial charge >= 0.3 is 12.0 Å². The zero-order valence-electron chi connectivity index (χ0n) is 22.0. The van der Waals surface area contributed by atoms with Gasteiger partial charge in [0, 0.05) is 50.0 Å². The molecule has 2 aliphatic rings. The second-order valence-corrected chi connectivity index (χ2v) is 11.9.